The van der Waals surface area contributed by atoms with Gasteiger partial charge in [-0.25, -0.2) is 9.59 Å². The molecular weight excluding hydrogens is 296 g/mol. The average molecular weight is 322 g/mol. The molecule has 0 atom stereocenters. The molecule has 5 heteroatoms. The van der Waals surface area contributed by atoms with E-state index in [0.717, 1.165) is 24.8 Å². The molecule has 0 saturated carbocycles. The SMILES string of the molecule is CCCCCCCOC(=O)COCC(=O)Oc1ccccc1C. The number of unbranched alkanes of at least 4 members (excludes halogenated alkanes) is 4. The minimum atomic E-state index is -0.535. The van der Waals surface area contributed by atoms with Crippen LogP contribution in [0.15, 0.2) is 24.3 Å². The van der Waals surface area contributed by atoms with Crippen LogP contribution in [-0.2, 0) is 19.1 Å². The van der Waals surface area contributed by atoms with Gasteiger partial charge in [-0.2, -0.15) is 0 Å². The summed E-state index contributed by atoms with van der Waals surface area (Å²) in [5.41, 5.74) is 0.864. The van der Waals surface area contributed by atoms with Crippen LogP contribution in [-0.4, -0.2) is 31.8 Å². The molecule has 0 aliphatic carbocycles. The van der Waals surface area contributed by atoms with Crippen LogP contribution in [0.25, 0.3) is 0 Å². The lowest BCUT2D eigenvalue weighted by molar-refractivity contribution is -0.152. The molecule has 23 heavy (non-hydrogen) atoms. The van der Waals surface area contributed by atoms with Crippen LogP contribution in [0.4, 0.5) is 0 Å². The van der Waals surface area contributed by atoms with Crippen LogP contribution in [0.3, 0.4) is 0 Å². The van der Waals surface area contributed by atoms with Gasteiger partial charge < -0.3 is 14.2 Å². The first-order chi connectivity index (χ1) is 11.1. The van der Waals surface area contributed by atoms with Crippen molar-refractivity contribution in [2.45, 2.75) is 46.0 Å². The van der Waals surface area contributed by atoms with Crippen molar-refractivity contribution in [2.75, 3.05) is 19.8 Å². The normalized spacial score (nSPS) is 10.3. The number of aryl methyl sites for hydroxylation is 1. The summed E-state index contributed by atoms with van der Waals surface area (Å²) in [7, 11) is 0. The Morgan fingerprint density at radius 3 is 2.39 bits per heavy atom. The highest BCUT2D eigenvalue weighted by atomic mass is 16.6. The first kappa shape index (κ1) is 19.2. The molecule has 0 aromatic heterocycles. The van der Waals surface area contributed by atoms with Crippen molar-refractivity contribution in [1.29, 1.82) is 0 Å². The molecule has 0 spiro atoms. The van der Waals surface area contributed by atoms with E-state index >= 15 is 0 Å². The molecule has 0 N–H and O–H groups in total. The summed E-state index contributed by atoms with van der Waals surface area (Å²) in [5.74, 6) is -0.494. The number of carbonyl (C=O) groups excluding carboxylic acids is 2. The maximum absolute atomic E-state index is 11.6. The molecule has 1 aromatic rings. The van der Waals surface area contributed by atoms with Crippen LogP contribution in [0, 0.1) is 6.92 Å². The monoisotopic (exact) mass is 322 g/mol. The Morgan fingerprint density at radius 2 is 1.65 bits per heavy atom. The lowest BCUT2D eigenvalue weighted by atomic mass is 10.2. The molecule has 128 valence electrons. The highest BCUT2D eigenvalue weighted by Crippen LogP contribution is 2.16. The van der Waals surface area contributed by atoms with Crippen LogP contribution >= 0.6 is 0 Å². The second kappa shape index (κ2) is 11.7. The number of hydrogen-bond acceptors (Lipinski definition) is 5. The van der Waals surface area contributed by atoms with Crippen molar-refractivity contribution in [3.63, 3.8) is 0 Å². The third-order valence-corrected chi connectivity index (χ3v) is 3.27. The Bertz CT molecular complexity index is 484. The van der Waals surface area contributed by atoms with Gasteiger partial charge in [-0.05, 0) is 25.0 Å². The quantitative estimate of drug-likeness (QED) is 0.355. The van der Waals surface area contributed by atoms with Gasteiger partial charge in [-0.15, -0.1) is 0 Å². The number of esters is 2. The molecule has 0 aliphatic heterocycles. The summed E-state index contributed by atoms with van der Waals surface area (Å²) >= 11 is 0. The van der Waals surface area contributed by atoms with Crippen LogP contribution in [0.1, 0.15) is 44.6 Å². The van der Waals surface area contributed by atoms with E-state index in [9.17, 15) is 9.59 Å². The van der Waals surface area contributed by atoms with Gasteiger partial charge in [0.2, 0.25) is 0 Å². The Labute approximate surface area is 137 Å². The Hall–Kier alpha value is -1.88. The smallest absolute Gasteiger partial charge is 0.337 e. The van der Waals surface area contributed by atoms with Crippen molar-refractivity contribution < 1.29 is 23.8 Å². The fraction of sp³-hybridized carbons (Fsp3) is 0.556. The first-order valence-electron chi connectivity index (χ1n) is 8.13. The van der Waals surface area contributed by atoms with Gasteiger partial charge in [0.05, 0.1) is 6.61 Å². The van der Waals surface area contributed by atoms with Gasteiger partial charge in [0, 0.05) is 0 Å². The largest absolute Gasteiger partial charge is 0.464 e. The van der Waals surface area contributed by atoms with E-state index in [0.29, 0.717) is 12.4 Å². The van der Waals surface area contributed by atoms with E-state index in [1.807, 2.05) is 19.1 Å². The molecular formula is C18H26O5. The summed E-state index contributed by atoms with van der Waals surface area (Å²) in [4.78, 5) is 23.0. The minimum Gasteiger partial charge on any atom is -0.464 e. The number of para-hydroxylation sites is 1. The molecule has 0 fully saturated rings. The fourth-order valence-corrected chi connectivity index (χ4v) is 1.97. The summed E-state index contributed by atoms with van der Waals surface area (Å²) in [6.45, 7) is 3.89. The predicted octanol–water partition coefficient (Wildman–Crippen LogP) is 3.43. The standard InChI is InChI=1S/C18H26O5/c1-3-4-5-6-9-12-22-17(19)13-21-14-18(20)23-16-11-8-7-10-15(16)2/h7-8,10-11H,3-6,9,12-14H2,1-2H3. The zero-order valence-electron chi connectivity index (χ0n) is 14.0. The van der Waals surface area contributed by atoms with Gasteiger partial charge >= 0.3 is 11.9 Å². The number of ether oxygens (including phenoxy) is 3. The van der Waals surface area contributed by atoms with Gasteiger partial charge in [0.15, 0.2) is 0 Å². The zero-order valence-corrected chi connectivity index (χ0v) is 14.0. The molecule has 0 bridgehead atoms. The van der Waals surface area contributed by atoms with Gasteiger partial charge in [0.1, 0.15) is 19.0 Å². The third kappa shape index (κ3) is 8.98. The van der Waals surface area contributed by atoms with E-state index in [-0.39, 0.29) is 13.2 Å². The minimum absolute atomic E-state index is 0.238. The molecule has 0 radical (unpaired) electrons. The fourth-order valence-electron chi connectivity index (χ4n) is 1.97. The molecule has 0 unspecified atom stereocenters. The van der Waals surface area contributed by atoms with E-state index in [4.69, 9.17) is 14.2 Å². The summed E-state index contributed by atoms with van der Waals surface area (Å²) in [6.07, 6.45) is 5.48. The Balaban J connectivity index is 2.08. The molecule has 5 nitrogen and oxygen atoms in total. The second-order valence-corrected chi connectivity index (χ2v) is 5.37. The number of hydrogen-bond donors (Lipinski definition) is 0. The molecule has 0 aliphatic rings. The number of carbonyl (C=O) groups is 2. The summed E-state index contributed by atoms with van der Waals surface area (Å²) in [5, 5.41) is 0. The van der Waals surface area contributed by atoms with E-state index in [1.54, 1.807) is 12.1 Å². The molecule has 0 saturated heterocycles. The van der Waals surface area contributed by atoms with Crippen molar-refractivity contribution in [2.24, 2.45) is 0 Å². The highest BCUT2D eigenvalue weighted by Gasteiger charge is 2.09. The number of rotatable bonds is 11. The van der Waals surface area contributed by atoms with Gasteiger partial charge in [0.25, 0.3) is 0 Å². The zero-order chi connectivity index (χ0) is 16.9. The lowest BCUT2D eigenvalue weighted by Crippen LogP contribution is -2.20. The Kier molecular flexibility index (Phi) is 9.71. The van der Waals surface area contributed by atoms with Crippen molar-refractivity contribution in [1.82, 2.24) is 0 Å². The van der Waals surface area contributed by atoms with Crippen LogP contribution in [0.5, 0.6) is 5.75 Å². The molecule has 0 heterocycles. The topological polar surface area (TPSA) is 61.8 Å². The molecule has 1 rings (SSSR count). The van der Waals surface area contributed by atoms with Crippen molar-refractivity contribution >= 4 is 11.9 Å². The van der Waals surface area contributed by atoms with E-state index in [1.165, 1.54) is 12.8 Å². The average Bonchev–Trinajstić information content (AvgIpc) is 2.53. The van der Waals surface area contributed by atoms with Crippen molar-refractivity contribution in [3.05, 3.63) is 29.8 Å². The van der Waals surface area contributed by atoms with E-state index < -0.39 is 11.9 Å². The predicted molar refractivity (Wildman–Crippen MR) is 87.4 cm³/mol. The number of benzene rings is 1. The summed E-state index contributed by atoms with van der Waals surface area (Å²) < 4.78 is 15.2. The lowest BCUT2D eigenvalue weighted by Gasteiger charge is -2.08. The highest BCUT2D eigenvalue weighted by molar-refractivity contribution is 5.75. The van der Waals surface area contributed by atoms with Crippen LogP contribution < -0.4 is 4.74 Å². The first-order valence-corrected chi connectivity index (χ1v) is 8.13. The van der Waals surface area contributed by atoms with E-state index in [2.05, 4.69) is 6.92 Å². The third-order valence-electron chi connectivity index (χ3n) is 3.27. The van der Waals surface area contributed by atoms with Gasteiger partial charge in [-0.3, -0.25) is 0 Å². The molecule has 1 aromatic carbocycles. The summed E-state index contributed by atoms with van der Waals surface area (Å²) in [6, 6.07) is 7.21. The maximum atomic E-state index is 11.6. The Morgan fingerprint density at radius 1 is 0.957 bits per heavy atom. The maximum Gasteiger partial charge on any atom is 0.337 e. The van der Waals surface area contributed by atoms with Crippen molar-refractivity contribution in [3.8, 4) is 5.75 Å². The van der Waals surface area contributed by atoms with Crippen LogP contribution in [0.2, 0.25) is 0 Å². The second-order valence-electron chi connectivity index (χ2n) is 5.37. The van der Waals surface area contributed by atoms with Gasteiger partial charge in [-0.1, -0.05) is 50.8 Å². The molecule has 0 amide bonds.